The molecule has 1 aliphatic rings. The van der Waals surface area contributed by atoms with Gasteiger partial charge in [-0.05, 0) is 31.2 Å². The molecular formula is C13H16N4O2. The van der Waals surface area contributed by atoms with Crippen LogP contribution in [0.5, 0.6) is 0 Å². The third-order valence-corrected chi connectivity index (χ3v) is 3.38. The number of hydrogen-bond donors (Lipinski definition) is 1. The van der Waals surface area contributed by atoms with Crippen LogP contribution in [0, 0.1) is 0 Å². The van der Waals surface area contributed by atoms with Crippen molar-refractivity contribution in [2.45, 2.75) is 12.5 Å². The Labute approximate surface area is 110 Å². The normalized spacial score (nSPS) is 19.2. The van der Waals surface area contributed by atoms with Gasteiger partial charge in [0.05, 0.1) is 23.9 Å². The Morgan fingerprint density at radius 2 is 2.37 bits per heavy atom. The number of nitrogens with zero attached hydrogens (tertiary/aromatic N) is 3. The number of ether oxygens (including phenoxy) is 1. The Morgan fingerprint density at radius 1 is 1.53 bits per heavy atom. The summed E-state index contributed by atoms with van der Waals surface area (Å²) >= 11 is 0. The average Bonchev–Trinajstić information content (AvgIpc) is 2.94. The average molecular weight is 260 g/mol. The molecule has 0 saturated carbocycles. The van der Waals surface area contributed by atoms with Crippen molar-refractivity contribution in [1.82, 2.24) is 9.55 Å². The Hall–Kier alpha value is -2.08. The SMILES string of the molecule is Cn1cnc2cc(N3CC(CCN)OC3=O)ccc21. The highest BCUT2D eigenvalue weighted by Crippen LogP contribution is 2.25. The summed E-state index contributed by atoms with van der Waals surface area (Å²) < 4.78 is 7.21. The van der Waals surface area contributed by atoms with Gasteiger partial charge in [-0.15, -0.1) is 0 Å². The molecule has 0 aliphatic carbocycles. The van der Waals surface area contributed by atoms with Gasteiger partial charge in [0.15, 0.2) is 0 Å². The summed E-state index contributed by atoms with van der Waals surface area (Å²) in [5.41, 5.74) is 8.22. The number of nitrogens with two attached hydrogens (primary N) is 1. The standard InChI is InChI=1S/C13H16N4O2/c1-16-8-15-11-6-9(2-3-12(11)16)17-7-10(4-5-14)19-13(17)18/h2-3,6,8,10H,4-5,7,14H2,1H3. The summed E-state index contributed by atoms with van der Waals surface area (Å²) in [6.45, 7) is 1.07. The smallest absolute Gasteiger partial charge is 0.414 e. The molecule has 100 valence electrons. The summed E-state index contributed by atoms with van der Waals surface area (Å²) in [6.07, 6.45) is 2.02. The predicted octanol–water partition coefficient (Wildman–Crippen LogP) is 1.25. The molecule has 1 fully saturated rings. The number of anilines is 1. The van der Waals surface area contributed by atoms with Crippen molar-refractivity contribution >= 4 is 22.8 Å². The first-order chi connectivity index (χ1) is 9.19. The maximum absolute atomic E-state index is 11.8. The van der Waals surface area contributed by atoms with Gasteiger partial charge in [0.25, 0.3) is 0 Å². The number of hydrogen-bond acceptors (Lipinski definition) is 4. The first-order valence-electron chi connectivity index (χ1n) is 6.28. The van der Waals surface area contributed by atoms with E-state index in [1.54, 1.807) is 11.2 Å². The molecule has 1 amide bonds. The number of amides is 1. The van der Waals surface area contributed by atoms with Crippen molar-refractivity contribution in [3.8, 4) is 0 Å². The highest BCUT2D eigenvalue weighted by atomic mass is 16.6. The third kappa shape index (κ3) is 2.04. The van der Waals surface area contributed by atoms with E-state index in [0.717, 1.165) is 16.7 Å². The minimum absolute atomic E-state index is 0.114. The van der Waals surface area contributed by atoms with Crippen LogP contribution in [0.15, 0.2) is 24.5 Å². The number of imidazole rings is 1. The third-order valence-electron chi connectivity index (χ3n) is 3.38. The van der Waals surface area contributed by atoms with E-state index in [4.69, 9.17) is 10.5 Å². The second-order valence-electron chi connectivity index (χ2n) is 4.72. The molecule has 19 heavy (non-hydrogen) atoms. The van der Waals surface area contributed by atoms with Crippen molar-refractivity contribution in [2.75, 3.05) is 18.0 Å². The molecule has 1 aliphatic heterocycles. The van der Waals surface area contributed by atoms with Crippen LogP contribution in [0.3, 0.4) is 0 Å². The van der Waals surface area contributed by atoms with E-state index in [0.29, 0.717) is 19.5 Å². The monoisotopic (exact) mass is 260 g/mol. The zero-order chi connectivity index (χ0) is 13.4. The highest BCUT2D eigenvalue weighted by Gasteiger charge is 2.31. The van der Waals surface area contributed by atoms with Crippen LogP contribution in [-0.4, -0.2) is 34.8 Å². The van der Waals surface area contributed by atoms with Gasteiger partial charge in [-0.3, -0.25) is 4.90 Å². The number of carbonyl (C=O) groups is 1. The van der Waals surface area contributed by atoms with Crippen molar-refractivity contribution in [3.63, 3.8) is 0 Å². The number of aromatic nitrogens is 2. The van der Waals surface area contributed by atoms with Crippen LogP contribution >= 0.6 is 0 Å². The first kappa shape index (κ1) is 12.0. The van der Waals surface area contributed by atoms with Crippen molar-refractivity contribution in [2.24, 2.45) is 12.8 Å². The molecule has 1 atom stereocenters. The van der Waals surface area contributed by atoms with E-state index in [1.165, 1.54) is 0 Å². The Morgan fingerprint density at radius 3 is 3.16 bits per heavy atom. The maximum atomic E-state index is 11.8. The van der Waals surface area contributed by atoms with Crippen LogP contribution in [0.1, 0.15) is 6.42 Å². The zero-order valence-electron chi connectivity index (χ0n) is 10.7. The lowest BCUT2D eigenvalue weighted by Gasteiger charge is -2.12. The number of carbonyl (C=O) groups excluding carboxylic acids is 1. The zero-order valence-corrected chi connectivity index (χ0v) is 10.7. The second-order valence-corrected chi connectivity index (χ2v) is 4.72. The molecule has 2 aromatic rings. The molecule has 1 saturated heterocycles. The van der Waals surface area contributed by atoms with Gasteiger partial charge in [0.1, 0.15) is 6.10 Å². The highest BCUT2D eigenvalue weighted by molar-refractivity contribution is 5.92. The fraction of sp³-hybridized carbons (Fsp3) is 0.385. The topological polar surface area (TPSA) is 73.4 Å². The predicted molar refractivity (Wildman–Crippen MR) is 72.0 cm³/mol. The maximum Gasteiger partial charge on any atom is 0.414 e. The van der Waals surface area contributed by atoms with Gasteiger partial charge in [-0.2, -0.15) is 0 Å². The molecule has 6 nitrogen and oxygen atoms in total. The molecule has 6 heteroatoms. The Bertz CT molecular complexity index is 622. The summed E-state index contributed by atoms with van der Waals surface area (Å²) in [5.74, 6) is 0. The lowest BCUT2D eigenvalue weighted by atomic mass is 10.2. The van der Waals surface area contributed by atoms with E-state index >= 15 is 0 Å². The van der Waals surface area contributed by atoms with E-state index in [1.807, 2.05) is 29.8 Å². The van der Waals surface area contributed by atoms with Crippen LogP contribution in [-0.2, 0) is 11.8 Å². The fourth-order valence-electron chi connectivity index (χ4n) is 2.36. The van der Waals surface area contributed by atoms with Gasteiger partial charge >= 0.3 is 6.09 Å². The molecule has 2 heterocycles. The lowest BCUT2D eigenvalue weighted by molar-refractivity contribution is 0.138. The second kappa shape index (κ2) is 4.55. The minimum Gasteiger partial charge on any atom is -0.444 e. The molecule has 0 bridgehead atoms. The van der Waals surface area contributed by atoms with Gasteiger partial charge in [0, 0.05) is 12.7 Å². The van der Waals surface area contributed by atoms with Gasteiger partial charge < -0.3 is 15.0 Å². The Balaban J connectivity index is 1.89. The first-order valence-corrected chi connectivity index (χ1v) is 6.28. The van der Waals surface area contributed by atoms with Crippen LogP contribution in [0.25, 0.3) is 11.0 Å². The summed E-state index contributed by atoms with van der Waals surface area (Å²) in [5, 5.41) is 0. The van der Waals surface area contributed by atoms with Crippen LogP contribution < -0.4 is 10.6 Å². The minimum atomic E-state index is -0.311. The van der Waals surface area contributed by atoms with E-state index in [2.05, 4.69) is 4.98 Å². The summed E-state index contributed by atoms with van der Waals surface area (Å²) in [4.78, 5) is 17.8. The van der Waals surface area contributed by atoms with Gasteiger partial charge in [-0.25, -0.2) is 9.78 Å². The van der Waals surface area contributed by atoms with Crippen LogP contribution in [0.4, 0.5) is 10.5 Å². The molecule has 1 aromatic heterocycles. The van der Waals surface area contributed by atoms with Gasteiger partial charge in [-0.1, -0.05) is 0 Å². The summed E-state index contributed by atoms with van der Waals surface area (Å²) in [7, 11) is 1.94. The van der Waals surface area contributed by atoms with Crippen molar-refractivity contribution < 1.29 is 9.53 Å². The van der Waals surface area contributed by atoms with Crippen molar-refractivity contribution in [1.29, 1.82) is 0 Å². The molecule has 1 unspecified atom stereocenters. The molecule has 0 radical (unpaired) electrons. The largest absolute Gasteiger partial charge is 0.444 e. The lowest BCUT2D eigenvalue weighted by Crippen LogP contribution is -2.25. The molecule has 1 aromatic carbocycles. The number of cyclic esters (lactones) is 1. The van der Waals surface area contributed by atoms with Crippen LogP contribution in [0.2, 0.25) is 0 Å². The number of rotatable bonds is 3. The fourth-order valence-corrected chi connectivity index (χ4v) is 2.36. The Kier molecular flexibility index (Phi) is 2.87. The molecule has 2 N–H and O–H groups in total. The summed E-state index contributed by atoms with van der Waals surface area (Å²) in [6, 6.07) is 5.78. The number of aryl methyl sites for hydroxylation is 1. The molecular weight excluding hydrogens is 244 g/mol. The van der Waals surface area contributed by atoms with E-state index < -0.39 is 0 Å². The quantitative estimate of drug-likeness (QED) is 0.901. The number of benzene rings is 1. The molecule has 3 rings (SSSR count). The van der Waals surface area contributed by atoms with E-state index in [-0.39, 0.29) is 12.2 Å². The van der Waals surface area contributed by atoms with Gasteiger partial charge in [0.2, 0.25) is 0 Å². The van der Waals surface area contributed by atoms with E-state index in [9.17, 15) is 4.79 Å². The molecule has 0 spiro atoms. The number of fused-ring (bicyclic) bond motifs is 1. The van der Waals surface area contributed by atoms with Crippen molar-refractivity contribution in [3.05, 3.63) is 24.5 Å².